The fourth-order valence-corrected chi connectivity index (χ4v) is 2.41. The molecular formula is C16H13ClO2. The van der Waals surface area contributed by atoms with Crippen molar-refractivity contribution in [2.75, 3.05) is 0 Å². The minimum atomic E-state index is -1.38. The summed E-state index contributed by atoms with van der Waals surface area (Å²) in [5.41, 5.74) is 2.40. The third kappa shape index (κ3) is 2.14. The van der Waals surface area contributed by atoms with Gasteiger partial charge in [0.25, 0.3) is 0 Å². The molecule has 2 aromatic rings. The Morgan fingerprint density at radius 2 is 1.79 bits per heavy atom. The lowest BCUT2D eigenvalue weighted by atomic mass is 9.96. The Balaban J connectivity index is 1.90. The van der Waals surface area contributed by atoms with E-state index >= 15 is 0 Å². The second-order valence-electron chi connectivity index (χ2n) is 4.66. The van der Waals surface area contributed by atoms with Crippen molar-refractivity contribution in [3.05, 3.63) is 71.3 Å². The topological polar surface area (TPSA) is 29.5 Å². The summed E-state index contributed by atoms with van der Waals surface area (Å²) in [7, 11) is 0. The van der Waals surface area contributed by atoms with Gasteiger partial charge in [0.05, 0.1) is 0 Å². The van der Waals surface area contributed by atoms with E-state index in [2.05, 4.69) is 6.58 Å². The smallest absolute Gasteiger partial charge is 0.239 e. The van der Waals surface area contributed by atoms with Crippen molar-refractivity contribution in [1.82, 2.24) is 0 Å². The molecule has 96 valence electrons. The molecule has 1 N–H and O–H groups in total. The molecule has 2 nitrogen and oxygen atoms in total. The van der Waals surface area contributed by atoms with Crippen molar-refractivity contribution in [2.24, 2.45) is 0 Å². The Labute approximate surface area is 116 Å². The molecule has 1 aliphatic rings. The van der Waals surface area contributed by atoms with E-state index in [1.165, 1.54) is 0 Å². The molecule has 3 rings (SSSR count). The highest BCUT2D eigenvalue weighted by Gasteiger charge is 2.41. The molecule has 0 aromatic heterocycles. The predicted octanol–water partition coefficient (Wildman–Crippen LogP) is 3.68. The summed E-state index contributed by atoms with van der Waals surface area (Å²) in [6.45, 7) is 3.96. The number of para-hydroxylation sites is 1. The molecule has 19 heavy (non-hydrogen) atoms. The number of hydrogen-bond donors (Lipinski definition) is 1. The van der Waals surface area contributed by atoms with Gasteiger partial charge in [0.15, 0.2) is 0 Å². The molecule has 1 atom stereocenters. The number of benzene rings is 2. The number of hydrogen-bond acceptors (Lipinski definition) is 2. The van der Waals surface area contributed by atoms with Crippen LogP contribution in [0.25, 0.3) is 5.57 Å². The minimum Gasteiger partial charge on any atom is -0.457 e. The summed E-state index contributed by atoms with van der Waals surface area (Å²) < 4.78 is 5.66. The van der Waals surface area contributed by atoms with Crippen LogP contribution in [0.4, 0.5) is 0 Å². The van der Waals surface area contributed by atoms with Crippen molar-refractivity contribution >= 4 is 17.2 Å². The van der Waals surface area contributed by atoms with Crippen LogP contribution >= 0.6 is 11.6 Å². The summed E-state index contributed by atoms with van der Waals surface area (Å²) in [6, 6.07) is 14.9. The van der Waals surface area contributed by atoms with Gasteiger partial charge in [-0.2, -0.15) is 0 Å². The van der Waals surface area contributed by atoms with Gasteiger partial charge in [0.2, 0.25) is 5.79 Å². The predicted molar refractivity (Wildman–Crippen MR) is 76.2 cm³/mol. The molecule has 0 aliphatic carbocycles. The van der Waals surface area contributed by atoms with Crippen LogP contribution < -0.4 is 4.74 Å². The lowest BCUT2D eigenvalue weighted by molar-refractivity contribution is -0.0735. The summed E-state index contributed by atoms with van der Waals surface area (Å²) >= 11 is 5.85. The first-order valence-electron chi connectivity index (χ1n) is 6.03. The van der Waals surface area contributed by atoms with Gasteiger partial charge in [-0.1, -0.05) is 48.5 Å². The monoisotopic (exact) mass is 272 g/mol. The lowest BCUT2D eigenvalue weighted by Gasteiger charge is -2.23. The zero-order chi connectivity index (χ0) is 13.5. The van der Waals surface area contributed by atoms with Gasteiger partial charge in [-0.25, -0.2) is 0 Å². The first-order valence-corrected chi connectivity index (χ1v) is 6.41. The van der Waals surface area contributed by atoms with Gasteiger partial charge in [-0.3, -0.25) is 0 Å². The van der Waals surface area contributed by atoms with Gasteiger partial charge in [0.1, 0.15) is 5.75 Å². The van der Waals surface area contributed by atoms with Gasteiger partial charge < -0.3 is 9.84 Å². The minimum absolute atomic E-state index is 0.345. The molecule has 1 aliphatic heterocycles. The van der Waals surface area contributed by atoms with E-state index in [4.69, 9.17) is 16.3 Å². The SMILES string of the molecule is C=C1c2ccccc2OC1(O)Cc1ccc(Cl)cc1. The summed E-state index contributed by atoms with van der Waals surface area (Å²) in [5, 5.41) is 11.3. The zero-order valence-corrected chi connectivity index (χ0v) is 11.0. The Morgan fingerprint density at radius 1 is 1.11 bits per heavy atom. The summed E-state index contributed by atoms with van der Waals surface area (Å²) in [6.07, 6.45) is 0.345. The molecule has 1 heterocycles. The number of halogens is 1. The first kappa shape index (κ1) is 12.3. The number of ether oxygens (including phenoxy) is 1. The normalized spacial score (nSPS) is 21.1. The molecular weight excluding hydrogens is 260 g/mol. The van der Waals surface area contributed by atoms with Gasteiger partial charge in [-0.15, -0.1) is 0 Å². The molecule has 0 spiro atoms. The maximum absolute atomic E-state index is 10.6. The van der Waals surface area contributed by atoms with Crippen LogP contribution in [0.15, 0.2) is 55.1 Å². The summed E-state index contributed by atoms with van der Waals surface area (Å²) in [4.78, 5) is 0. The third-order valence-electron chi connectivity index (χ3n) is 3.32. The fraction of sp³-hybridized carbons (Fsp3) is 0.125. The van der Waals surface area contributed by atoms with Crippen LogP contribution in [-0.4, -0.2) is 10.9 Å². The highest BCUT2D eigenvalue weighted by molar-refractivity contribution is 6.30. The maximum Gasteiger partial charge on any atom is 0.239 e. The molecule has 2 aromatic carbocycles. The van der Waals surface area contributed by atoms with Crippen LogP contribution in [0.2, 0.25) is 5.02 Å². The van der Waals surface area contributed by atoms with E-state index in [9.17, 15) is 5.11 Å². The quantitative estimate of drug-likeness (QED) is 0.904. The van der Waals surface area contributed by atoms with Gasteiger partial charge >= 0.3 is 0 Å². The molecule has 0 bridgehead atoms. The molecule has 0 saturated carbocycles. The van der Waals surface area contributed by atoms with E-state index in [1.807, 2.05) is 36.4 Å². The molecule has 0 saturated heterocycles. The Hall–Kier alpha value is -1.77. The van der Waals surface area contributed by atoms with E-state index in [-0.39, 0.29) is 0 Å². The molecule has 1 unspecified atom stereocenters. The molecule has 0 radical (unpaired) electrons. The van der Waals surface area contributed by atoms with Crippen LogP contribution in [0, 0.1) is 0 Å². The largest absolute Gasteiger partial charge is 0.457 e. The molecule has 0 fully saturated rings. The van der Waals surface area contributed by atoms with Crippen molar-refractivity contribution in [1.29, 1.82) is 0 Å². The first-order chi connectivity index (χ1) is 9.08. The average Bonchev–Trinajstić information content (AvgIpc) is 2.65. The highest BCUT2D eigenvalue weighted by atomic mass is 35.5. The number of rotatable bonds is 2. The molecule has 0 amide bonds. The lowest BCUT2D eigenvalue weighted by Crippen LogP contribution is -2.35. The number of aliphatic hydroxyl groups is 1. The van der Waals surface area contributed by atoms with Gasteiger partial charge in [0, 0.05) is 22.6 Å². The van der Waals surface area contributed by atoms with Crippen LogP contribution in [-0.2, 0) is 6.42 Å². The van der Waals surface area contributed by atoms with Crippen molar-refractivity contribution in [3.8, 4) is 5.75 Å². The van der Waals surface area contributed by atoms with E-state index < -0.39 is 5.79 Å². The second kappa shape index (κ2) is 4.41. The Morgan fingerprint density at radius 3 is 2.47 bits per heavy atom. The van der Waals surface area contributed by atoms with Crippen molar-refractivity contribution in [3.63, 3.8) is 0 Å². The van der Waals surface area contributed by atoms with Crippen LogP contribution in [0.1, 0.15) is 11.1 Å². The van der Waals surface area contributed by atoms with E-state index in [1.54, 1.807) is 12.1 Å². The summed E-state index contributed by atoms with van der Waals surface area (Å²) in [5.74, 6) is -0.707. The fourth-order valence-electron chi connectivity index (χ4n) is 2.28. The van der Waals surface area contributed by atoms with Crippen LogP contribution in [0.5, 0.6) is 5.75 Å². The van der Waals surface area contributed by atoms with Crippen molar-refractivity contribution < 1.29 is 9.84 Å². The second-order valence-corrected chi connectivity index (χ2v) is 5.10. The van der Waals surface area contributed by atoms with Gasteiger partial charge in [-0.05, 0) is 23.8 Å². The maximum atomic E-state index is 10.6. The van der Waals surface area contributed by atoms with Crippen molar-refractivity contribution in [2.45, 2.75) is 12.2 Å². The van der Waals surface area contributed by atoms with E-state index in [0.717, 1.165) is 11.1 Å². The molecule has 3 heteroatoms. The van der Waals surface area contributed by atoms with E-state index in [0.29, 0.717) is 22.8 Å². The van der Waals surface area contributed by atoms with Crippen LogP contribution in [0.3, 0.4) is 0 Å². The third-order valence-corrected chi connectivity index (χ3v) is 3.57. The standard InChI is InChI=1S/C16H13ClO2/c1-11-14-4-2-3-5-15(14)19-16(11,18)10-12-6-8-13(17)9-7-12/h2-9,18H,1,10H2. The average molecular weight is 273 g/mol. The zero-order valence-electron chi connectivity index (χ0n) is 10.3. The highest BCUT2D eigenvalue weighted by Crippen LogP contribution is 2.43. The Kier molecular flexibility index (Phi) is 2.85. The number of fused-ring (bicyclic) bond motifs is 1. The Bertz CT molecular complexity index is 633.